The summed E-state index contributed by atoms with van der Waals surface area (Å²) in [7, 11) is -3.77. The lowest BCUT2D eigenvalue weighted by Gasteiger charge is -2.20. The van der Waals surface area contributed by atoms with Crippen molar-refractivity contribution in [3.05, 3.63) is 54.2 Å². The zero-order chi connectivity index (χ0) is 19.7. The molecule has 3 heterocycles. The van der Waals surface area contributed by atoms with Crippen molar-refractivity contribution in [1.82, 2.24) is 13.9 Å². The number of fused-ring (bicyclic) bond motifs is 1. The predicted octanol–water partition coefficient (Wildman–Crippen LogP) is 3.26. The molecule has 3 aromatic rings. The molecule has 0 unspecified atom stereocenters. The number of pyridine rings is 1. The van der Waals surface area contributed by atoms with Gasteiger partial charge in [-0.25, -0.2) is 17.7 Å². The quantitative estimate of drug-likeness (QED) is 0.727. The number of hydrogen-bond donors (Lipinski definition) is 1. The van der Waals surface area contributed by atoms with Crippen molar-refractivity contribution in [2.24, 2.45) is 0 Å². The number of benzene rings is 1. The second-order valence-corrected chi connectivity index (χ2v) is 8.89. The van der Waals surface area contributed by atoms with E-state index in [9.17, 15) is 18.3 Å². The number of aromatic carboxylic acids is 1. The van der Waals surface area contributed by atoms with Gasteiger partial charge < -0.3 is 5.11 Å². The summed E-state index contributed by atoms with van der Waals surface area (Å²) < 4.78 is 29.6. The highest BCUT2D eigenvalue weighted by molar-refractivity contribution is 7.89. The average molecular weight is 399 g/mol. The van der Waals surface area contributed by atoms with Crippen LogP contribution in [0.1, 0.15) is 36.0 Å². The van der Waals surface area contributed by atoms with E-state index in [0.717, 1.165) is 31.2 Å². The van der Waals surface area contributed by atoms with Gasteiger partial charge in [-0.15, -0.1) is 0 Å². The van der Waals surface area contributed by atoms with Gasteiger partial charge in [0.1, 0.15) is 0 Å². The Balaban J connectivity index is 1.87. The fourth-order valence-electron chi connectivity index (χ4n) is 3.62. The van der Waals surface area contributed by atoms with Gasteiger partial charge in [0.2, 0.25) is 10.0 Å². The third-order valence-electron chi connectivity index (χ3n) is 5.07. The van der Waals surface area contributed by atoms with Gasteiger partial charge in [0.25, 0.3) is 0 Å². The van der Waals surface area contributed by atoms with Gasteiger partial charge in [0, 0.05) is 18.7 Å². The molecule has 0 spiro atoms. The minimum absolute atomic E-state index is 0.00783. The molecule has 2 aromatic heterocycles. The molecule has 1 N–H and O–H groups in total. The van der Waals surface area contributed by atoms with Crippen molar-refractivity contribution in [2.45, 2.75) is 30.6 Å². The Labute approximate surface area is 163 Å². The molecule has 1 aromatic carbocycles. The van der Waals surface area contributed by atoms with E-state index < -0.39 is 16.0 Å². The third kappa shape index (κ3) is 3.41. The van der Waals surface area contributed by atoms with E-state index in [-0.39, 0.29) is 10.5 Å². The highest BCUT2D eigenvalue weighted by atomic mass is 32.2. The third-order valence-corrected chi connectivity index (χ3v) is 6.95. The van der Waals surface area contributed by atoms with Gasteiger partial charge in [-0.2, -0.15) is 9.40 Å². The maximum Gasteiger partial charge on any atom is 0.335 e. The molecule has 1 aliphatic heterocycles. The molecule has 0 aliphatic carbocycles. The summed E-state index contributed by atoms with van der Waals surface area (Å²) in [5, 5.41) is 13.8. The van der Waals surface area contributed by atoms with Crippen LogP contribution in [0.25, 0.3) is 16.8 Å². The van der Waals surface area contributed by atoms with Crippen LogP contribution in [0, 0.1) is 0 Å². The van der Waals surface area contributed by atoms with E-state index in [0.29, 0.717) is 24.3 Å². The first-order chi connectivity index (χ1) is 13.5. The molecule has 8 heteroatoms. The van der Waals surface area contributed by atoms with E-state index in [2.05, 4.69) is 5.10 Å². The van der Waals surface area contributed by atoms with Crippen LogP contribution in [-0.4, -0.2) is 46.5 Å². The Morgan fingerprint density at radius 3 is 2.46 bits per heavy atom. The first-order valence-corrected chi connectivity index (χ1v) is 10.7. The molecule has 4 rings (SSSR count). The van der Waals surface area contributed by atoms with E-state index >= 15 is 0 Å². The van der Waals surface area contributed by atoms with Crippen LogP contribution in [0.4, 0.5) is 0 Å². The van der Waals surface area contributed by atoms with Crippen molar-refractivity contribution in [3.63, 3.8) is 0 Å². The lowest BCUT2D eigenvalue weighted by Crippen LogP contribution is -2.32. The Morgan fingerprint density at radius 2 is 1.75 bits per heavy atom. The molecular weight excluding hydrogens is 378 g/mol. The average Bonchev–Trinajstić information content (AvgIpc) is 3.00. The molecular formula is C20H21N3O4S. The first-order valence-electron chi connectivity index (χ1n) is 9.28. The van der Waals surface area contributed by atoms with Crippen molar-refractivity contribution >= 4 is 21.5 Å². The van der Waals surface area contributed by atoms with Gasteiger partial charge in [0.15, 0.2) is 0 Å². The molecule has 1 saturated heterocycles. The second kappa shape index (κ2) is 7.37. The Kier molecular flexibility index (Phi) is 4.91. The van der Waals surface area contributed by atoms with E-state index in [1.807, 2.05) is 18.2 Å². The van der Waals surface area contributed by atoms with E-state index in [1.165, 1.54) is 16.4 Å². The maximum atomic E-state index is 13.2. The molecule has 1 aliphatic rings. The van der Waals surface area contributed by atoms with Crippen LogP contribution < -0.4 is 0 Å². The molecule has 28 heavy (non-hydrogen) atoms. The molecule has 0 saturated carbocycles. The zero-order valence-electron chi connectivity index (χ0n) is 15.3. The summed E-state index contributed by atoms with van der Waals surface area (Å²) in [5.74, 6) is -1.16. The highest BCUT2D eigenvalue weighted by Gasteiger charge is 2.27. The summed E-state index contributed by atoms with van der Waals surface area (Å²) in [5.41, 5.74) is 1.92. The summed E-state index contributed by atoms with van der Waals surface area (Å²) in [6.45, 7) is 0.924. The molecule has 146 valence electrons. The van der Waals surface area contributed by atoms with Crippen LogP contribution in [0.3, 0.4) is 0 Å². The number of aromatic nitrogens is 2. The molecule has 7 nitrogen and oxygen atoms in total. The minimum atomic E-state index is -3.77. The van der Waals surface area contributed by atoms with Crippen LogP contribution in [0.5, 0.6) is 0 Å². The van der Waals surface area contributed by atoms with E-state index in [4.69, 9.17) is 0 Å². The summed E-state index contributed by atoms with van der Waals surface area (Å²) in [4.78, 5) is 11.7. The predicted molar refractivity (Wildman–Crippen MR) is 105 cm³/mol. The highest BCUT2D eigenvalue weighted by Crippen LogP contribution is 2.28. The van der Waals surface area contributed by atoms with Crippen molar-refractivity contribution in [2.75, 3.05) is 13.1 Å². The number of carboxylic acid groups (broad SMARTS) is 1. The van der Waals surface area contributed by atoms with Gasteiger partial charge in [-0.1, -0.05) is 18.9 Å². The lowest BCUT2D eigenvalue weighted by atomic mass is 10.1. The second-order valence-electron chi connectivity index (χ2n) is 6.95. The first kappa shape index (κ1) is 18.6. The minimum Gasteiger partial charge on any atom is -0.478 e. The summed E-state index contributed by atoms with van der Waals surface area (Å²) >= 11 is 0. The standard InChI is InChI=1S/C20H21N3O4S/c24-20(25)16-12-15(19-7-5-6-17-8-9-21-23(17)19)13-18(14-16)28(26,27)22-10-3-1-2-4-11-22/h5-9,12-14H,1-4,10-11H2,(H,24,25). The molecule has 0 atom stereocenters. The SMILES string of the molecule is O=C(O)c1cc(-c2cccc3ccnn23)cc(S(=O)(=O)N2CCCCCC2)c1. The number of hydrogen-bond acceptors (Lipinski definition) is 4. The largest absolute Gasteiger partial charge is 0.478 e. The maximum absolute atomic E-state index is 13.2. The Bertz CT molecular complexity index is 1130. The molecule has 0 radical (unpaired) electrons. The van der Waals surface area contributed by atoms with Crippen LogP contribution in [0.15, 0.2) is 53.6 Å². The molecule has 1 fully saturated rings. The Morgan fingerprint density at radius 1 is 1.00 bits per heavy atom. The van der Waals surface area contributed by atoms with Gasteiger partial charge >= 0.3 is 5.97 Å². The number of carboxylic acids is 1. The van der Waals surface area contributed by atoms with Crippen LogP contribution >= 0.6 is 0 Å². The molecule has 0 bridgehead atoms. The topological polar surface area (TPSA) is 92.0 Å². The van der Waals surface area contributed by atoms with Crippen LogP contribution in [0.2, 0.25) is 0 Å². The summed E-state index contributed by atoms with van der Waals surface area (Å²) in [6, 6.07) is 11.6. The normalized spacial score (nSPS) is 16.1. The van der Waals surface area contributed by atoms with Crippen LogP contribution in [-0.2, 0) is 10.0 Å². The zero-order valence-corrected chi connectivity index (χ0v) is 16.1. The van der Waals surface area contributed by atoms with Gasteiger partial charge in [0.05, 0.1) is 27.9 Å². The van der Waals surface area contributed by atoms with Crippen molar-refractivity contribution in [3.8, 4) is 11.3 Å². The van der Waals surface area contributed by atoms with E-state index in [1.54, 1.807) is 22.8 Å². The van der Waals surface area contributed by atoms with Gasteiger partial charge in [-0.3, -0.25) is 0 Å². The van der Waals surface area contributed by atoms with Gasteiger partial charge in [-0.05, 0) is 49.2 Å². The number of carbonyl (C=O) groups is 1. The monoisotopic (exact) mass is 399 g/mol. The number of rotatable bonds is 4. The fourth-order valence-corrected chi connectivity index (χ4v) is 5.21. The van der Waals surface area contributed by atoms with Crippen molar-refractivity contribution < 1.29 is 18.3 Å². The number of sulfonamides is 1. The molecule has 0 amide bonds. The number of nitrogens with zero attached hydrogens (tertiary/aromatic N) is 3. The smallest absolute Gasteiger partial charge is 0.335 e. The summed E-state index contributed by atoms with van der Waals surface area (Å²) in [6.07, 6.45) is 5.30. The Hall–Kier alpha value is -2.71. The van der Waals surface area contributed by atoms with Crippen molar-refractivity contribution in [1.29, 1.82) is 0 Å². The fraction of sp³-hybridized carbons (Fsp3) is 0.300. The lowest BCUT2D eigenvalue weighted by molar-refractivity contribution is 0.0696.